The molecule has 0 bridgehead atoms. The van der Waals surface area contributed by atoms with Crippen LogP contribution in [0.15, 0.2) is 22.0 Å². The van der Waals surface area contributed by atoms with E-state index >= 15 is 0 Å². The summed E-state index contributed by atoms with van der Waals surface area (Å²) in [6.07, 6.45) is 0. The SMILES string of the molecule is COc1cc(C(=O)OCC(=O)Nc2nc(C)cs2)cc(OC)c1Br. The predicted octanol–water partition coefficient (Wildman–Crippen LogP) is 3.03. The van der Waals surface area contributed by atoms with E-state index in [1.165, 1.54) is 37.7 Å². The topological polar surface area (TPSA) is 86.8 Å². The molecular formula is C15H15BrN2O5S. The first-order chi connectivity index (χ1) is 11.4. The number of anilines is 1. The lowest BCUT2D eigenvalue weighted by atomic mass is 10.2. The van der Waals surface area contributed by atoms with Crippen LogP contribution in [0, 0.1) is 6.92 Å². The third-order valence-electron chi connectivity index (χ3n) is 2.88. The summed E-state index contributed by atoms with van der Waals surface area (Å²) in [5.74, 6) is -0.286. The van der Waals surface area contributed by atoms with E-state index in [0.717, 1.165) is 5.69 Å². The summed E-state index contributed by atoms with van der Waals surface area (Å²) >= 11 is 4.61. The van der Waals surface area contributed by atoms with E-state index in [0.29, 0.717) is 21.1 Å². The van der Waals surface area contributed by atoms with Gasteiger partial charge in [0.2, 0.25) is 0 Å². The van der Waals surface area contributed by atoms with E-state index < -0.39 is 18.5 Å². The Morgan fingerprint density at radius 1 is 1.25 bits per heavy atom. The molecule has 0 aliphatic heterocycles. The van der Waals surface area contributed by atoms with Crippen molar-refractivity contribution >= 4 is 44.3 Å². The summed E-state index contributed by atoms with van der Waals surface area (Å²) in [5.41, 5.74) is 1.02. The lowest BCUT2D eigenvalue weighted by molar-refractivity contribution is -0.119. The van der Waals surface area contributed by atoms with Gasteiger partial charge in [0.25, 0.3) is 5.91 Å². The zero-order chi connectivity index (χ0) is 17.7. The molecule has 128 valence electrons. The van der Waals surface area contributed by atoms with Crippen LogP contribution < -0.4 is 14.8 Å². The number of esters is 1. The molecule has 1 N–H and O–H groups in total. The minimum absolute atomic E-state index is 0.213. The predicted molar refractivity (Wildman–Crippen MR) is 93.0 cm³/mol. The first kappa shape index (κ1) is 18.2. The van der Waals surface area contributed by atoms with Gasteiger partial charge in [0, 0.05) is 5.38 Å². The molecule has 0 saturated heterocycles. The molecule has 24 heavy (non-hydrogen) atoms. The molecule has 2 aromatic rings. The van der Waals surface area contributed by atoms with E-state index in [2.05, 4.69) is 26.2 Å². The second kappa shape index (κ2) is 8.11. The Balaban J connectivity index is 2.00. The molecule has 9 heteroatoms. The number of nitrogens with one attached hydrogen (secondary N) is 1. The summed E-state index contributed by atoms with van der Waals surface area (Å²) in [4.78, 5) is 28.0. The highest BCUT2D eigenvalue weighted by molar-refractivity contribution is 9.10. The standard InChI is InChI=1S/C15H15BrN2O5S/c1-8-7-24-15(17-8)18-12(19)6-23-14(20)9-4-10(21-2)13(16)11(5-9)22-3/h4-5,7H,6H2,1-3H3,(H,17,18,19). The molecule has 1 aromatic heterocycles. The zero-order valence-corrected chi connectivity index (χ0v) is 15.6. The lowest BCUT2D eigenvalue weighted by Crippen LogP contribution is -2.21. The molecule has 0 atom stereocenters. The molecular weight excluding hydrogens is 400 g/mol. The van der Waals surface area contributed by atoms with Gasteiger partial charge in [0.05, 0.1) is 25.5 Å². The van der Waals surface area contributed by atoms with Gasteiger partial charge in [0.15, 0.2) is 11.7 Å². The number of benzene rings is 1. The molecule has 0 saturated carbocycles. The van der Waals surface area contributed by atoms with Crippen LogP contribution in [0.4, 0.5) is 5.13 Å². The number of carbonyl (C=O) groups excluding carboxylic acids is 2. The summed E-state index contributed by atoms with van der Waals surface area (Å²) in [6, 6.07) is 2.99. The van der Waals surface area contributed by atoms with Crippen molar-refractivity contribution < 1.29 is 23.8 Å². The smallest absolute Gasteiger partial charge is 0.338 e. The number of halogens is 1. The van der Waals surface area contributed by atoms with Crippen molar-refractivity contribution in [2.24, 2.45) is 0 Å². The second-order valence-electron chi connectivity index (χ2n) is 4.61. The van der Waals surface area contributed by atoms with Gasteiger partial charge in [-0.25, -0.2) is 9.78 Å². The number of aromatic nitrogens is 1. The third kappa shape index (κ3) is 4.45. The van der Waals surface area contributed by atoms with Crippen LogP contribution in [0.3, 0.4) is 0 Å². The molecule has 0 aliphatic carbocycles. The number of ether oxygens (including phenoxy) is 3. The molecule has 1 amide bonds. The molecule has 0 radical (unpaired) electrons. The van der Waals surface area contributed by atoms with E-state index in [1.54, 1.807) is 0 Å². The number of nitrogens with zero attached hydrogens (tertiary/aromatic N) is 1. The largest absolute Gasteiger partial charge is 0.495 e. The van der Waals surface area contributed by atoms with Gasteiger partial charge in [0.1, 0.15) is 16.0 Å². The highest BCUT2D eigenvalue weighted by atomic mass is 79.9. The maximum Gasteiger partial charge on any atom is 0.338 e. The first-order valence-corrected chi connectivity index (χ1v) is 8.42. The van der Waals surface area contributed by atoms with Crippen molar-refractivity contribution in [3.63, 3.8) is 0 Å². The van der Waals surface area contributed by atoms with Crippen molar-refractivity contribution in [3.05, 3.63) is 33.2 Å². The maximum atomic E-state index is 12.1. The average molecular weight is 415 g/mol. The Morgan fingerprint density at radius 3 is 2.38 bits per heavy atom. The molecule has 2 rings (SSSR count). The Kier molecular flexibility index (Phi) is 6.16. The van der Waals surface area contributed by atoms with E-state index in [-0.39, 0.29) is 5.56 Å². The average Bonchev–Trinajstić information content (AvgIpc) is 2.97. The number of carbonyl (C=O) groups is 2. The van der Waals surface area contributed by atoms with Crippen molar-refractivity contribution in [1.29, 1.82) is 0 Å². The van der Waals surface area contributed by atoms with Gasteiger partial charge in [-0.2, -0.15) is 0 Å². The number of methoxy groups -OCH3 is 2. The van der Waals surface area contributed by atoms with Crippen LogP contribution in [0.1, 0.15) is 16.1 Å². The lowest BCUT2D eigenvalue weighted by Gasteiger charge is -2.11. The van der Waals surface area contributed by atoms with Crippen molar-refractivity contribution in [3.8, 4) is 11.5 Å². The first-order valence-electron chi connectivity index (χ1n) is 6.75. The Bertz CT molecular complexity index is 737. The maximum absolute atomic E-state index is 12.1. The normalized spacial score (nSPS) is 10.2. The van der Waals surface area contributed by atoms with Crippen molar-refractivity contribution in [1.82, 2.24) is 4.98 Å². The van der Waals surface area contributed by atoms with E-state index in [4.69, 9.17) is 14.2 Å². The quantitative estimate of drug-likeness (QED) is 0.730. The number of aryl methyl sites for hydroxylation is 1. The van der Waals surface area contributed by atoms with Crippen LogP contribution in [0.25, 0.3) is 0 Å². The fraction of sp³-hybridized carbons (Fsp3) is 0.267. The molecule has 1 heterocycles. The van der Waals surface area contributed by atoms with Crippen LogP contribution in [0.2, 0.25) is 0 Å². The highest BCUT2D eigenvalue weighted by Crippen LogP contribution is 2.35. The molecule has 0 fully saturated rings. The number of thiazole rings is 1. The molecule has 0 spiro atoms. The van der Waals surface area contributed by atoms with Gasteiger partial charge in [-0.3, -0.25) is 10.1 Å². The number of amides is 1. The van der Waals surface area contributed by atoms with Gasteiger partial charge >= 0.3 is 5.97 Å². The summed E-state index contributed by atoms with van der Waals surface area (Å²) in [5, 5.41) is 4.82. The Hall–Kier alpha value is -2.13. The van der Waals surface area contributed by atoms with Crippen molar-refractivity contribution in [2.75, 3.05) is 26.1 Å². The van der Waals surface area contributed by atoms with Crippen LogP contribution in [-0.4, -0.2) is 37.7 Å². The van der Waals surface area contributed by atoms with E-state index in [1.807, 2.05) is 12.3 Å². The summed E-state index contributed by atoms with van der Waals surface area (Å²) < 4.78 is 15.9. The molecule has 1 aromatic carbocycles. The summed E-state index contributed by atoms with van der Waals surface area (Å²) in [7, 11) is 2.94. The minimum Gasteiger partial charge on any atom is -0.495 e. The van der Waals surface area contributed by atoms with Crippen LogP contribution >= 0.6 is 27.3 Å². The van der Waals surface area contributed by atoms with Gasteiger partial charge in [-0.05, 0) is 35.0 Å². The van der Waals surface area contributed by atoms with Gasteiger partial charge < -0.3 is 14.2 Å². The third-order valence-corrected chi connectivity index (χ3v) is 4.54. The number of hydrogen-bond acceptors (Lipinski definition) is 7. The molecule has 0 aliphatic rings. The minimum atomic E-state index is -0.662. The fourth-order valence-electron chi connectivity index (χ4n) is 1.77. The zero-order valence-electron chi connectivity index (χ0n) is 13.2. The van der Waals surface area contributed by atoms with Crippen molar-refractivity contribution in [2.45, 2.75) is 6.92 Å². The highest BCUT2D eigenvalue weighted by Gasteiger charge is 2.17. The fourth-order valence-corrected chi connectivity index (χ4v) is 3.03. The van der Waals surface area contributed by atoms with Crippen LogP contribution in [0.5, 0.6) is 11.5 Å². The number of rotatable bonds is 6. The molecule has 0 unspecified atom stereocenters. The second-order valence-corrected chi connectivity index (χ2v) is 6.26. The monoisotopic (exact) mass is 414 g/mol. The van der Waals surface area contributed by atoms with Crippen LogP contribution in [-0.2, 0) is 9.53 Å². The summed E-state index contributed by atoms with van der Waals surface area (Å²) in [6.45, 7) is 1.40. The number of hydrogen-bond donors (Lipinski definition) is 1. The van der Waals surface area contributed by atoms with Gasteiger partial charge in [-0.15, -0.1) is 11.3 Å². The van der Waals surface area contributed by atoms with Gasteiger partial charge in [-0.1, -0.05) is 0 Å². The Morgan fingerprint density at radius 2 is 1.88 bits per heavy atom. The Labute approximate surface area is 151 Å². The molecule has 7 nitrogen and oxygen atoms in total. The van der Waals surface area contributed by atoms with E-state index in [9.17, 15) is 9.59 Å².